The molecule has 4 nitrogen and oxygen atoms in total. The van der Waals surface area contributed by atoms with E-state index in [-0.39, 0.29) is 18.6 Å². The third-order valence-electron chi connectivity index (χ3n) is 4.22. The summed E-state index contributed by atoms with van der Waals surface area (Å²) in [4.78, 5) is 16.0. The van der Waals surface area contributed by atoms with Crippen LogP contribution in [0.25, 0.3) is 0 Å². The molecule has 1 saturated heterocycles. The van der Waals surface area contributed by atoms with Crippen LogP contribution < -0.4 is 0 Å². The van der Waals surface area contributed by atoms with Crippen LogP contribution in [0.5, 0.6) is 0 Å². The van der Waals surface area contributed by atoms with Gasteiger partial charge in [-0.05, 0) is 12.8 Å². The molecule has 0 radical (unpaired) electrons. The highest BCUT2D eigenvalue weighted by atomic mass is 16.3. The van der Waals surface area contributed by atoms with Gasteiger partial charge in [-0.15, -0.1) is 0 Å². The van der Waals surface area contributed by atoms with E-state index in [1.165, 1.54) is 38.5 Å². The molecule has 0 bridgehead atoms. The number of aliphatic hydroxyl groups excluding tert-OH is 1. The summed E-state index contributed by atoms with van der Waals surface area (Å²) in [7, 11) is 1.83. The molecule has 1 aliphatic carbocycles. The van der Waals surface area contributed by atoms with Crippen molar-refractivity contribution < 1.29 is 9.90 Å². The van der Waals surface area contributed by atoms with Gasteiger partial charge in [-0.3, -0.25) is 9.69 Å². The first-order chi connectivity index (χ1) is 8.24. The second-order valence-electron chi connectivity index (χ2n) is 5.34. The van der Waals surface area contributed by atoms with Gasteiger partial charge in [-0.1, -0.05) is 25.7 Å². The van der Waals surface area contributed by atoms with Crippen molar-refractivity contribution in [2.75, 3.05) is 26.7 Å². The summed E-state index contributed by atoms with van der Waals surface area (Å²) in [5.74, 6) is 0.0861. The molecule has 0 aromatic rings. The summed E-state index contributed by atoms with van der Waals surface area (Å²) in [5, 5.41) is 9.46. The van der Waals surface area contributed by atoms with Gasteiger partial charge in [0.2, 0.25) is 5.91 Å². The van der Waals surface area contributed by atoms with Crippen molar-refractivity contribution in [2.24, 2.45) is 0 Å². The lowest BCUT2D eigenvalue weighted by molar-refractivity contribution is -0.144. The van der Waals surface area contributed by atoms with Crippen LogP contribution in [0.1, 0.15) is 38.5 Å². The minimum Gasteiger partial charge on any atom is -0.394 e. The third kappa shape index (κ3) is 2.80. The van der Waals surface area contributed by atoms with Crippen LogP contribution in [0, 0.1) is 0 Å². The monoisotopic (exact) mass is 240 g/mol. The number of carbonyl (C=O) groups is 1. The third-order valence-corrected chi connectivity index (χ3v) is 4.22. The summed E-state index contributed by atoms with van der Waals surface area (Å²) in [6, 6.07) is 0.212. The van der Waals surface area contributed by atoms with E-state index in [1.807, 2.05) is 7.05 Å². The average Bonchev–Trinajstić information content (AvgIpc) is 2.61. The fourth-order valence-electron chi connectivity index (χ4n) is 3.14. The molecule has 1 N–H and O–H groups in total. The second kappa shape index (κ2) is 5.83. The van der Waals surface area contributed by atoms with Gasteiger partial charge in [-0.25, -0.2) is 0 Å². The van der Waals surface area contributed by atoms with E-state index < -0.39 is 0 Å². The molecule has 1 atom stereocenters. The molecule has 2 rings (SSSR count). The van der Waals surface area contributed by atoms with E-state index >= 15 is 0 Å². The number of hydrogen-bond acceptors (Lipinski definition) is 3. The van der Waals surface area contributed by atoms with E-state index in [0.29, 0.717) is 6.04 Å². The topological polar surface area (TPSA) is 43.8 Å². The van der Waals surface area contributed by atoms with E-state index in [2.05, 4.69) is 4.90 Å². The van der Waals surface area contributed by atoms with Crippen LogP contribution >= 0.6 is 0 Å². The zero-order chi connectivity index (χ0) is 12.3. The van der Waals surface area contributed by atoms with E-state index in [0.717, 1.165) is 13.1 Å². The Kier molecular flexibility index (Phi) is 4.40. The number of piperazine rings is 1. The van der Waals surface area contributed by atoms with Crippen LogP contribution in [0.2, 0.25) is 0 Å². The maximum absolute atomic E-state index is 12.0. The van der Waals surface area contributed by atoms with Crippen molar-refractivity contribution in [3.63, 3.8) is 0 Å². The lowest BCUT2D eigenvalue weighted by Crippen LogP contribution is -2.60. The summed E-state index contributed by atoms with van der Waals surface area (Å²) >= 11 is 0. The first-order valence-corrected chi connectivity index (χ1v) is 6.85. The lowest BCUT2D eigenvalue weighted by Gasteiger charge is -2.42. The van der Waals surface area contributed by atoms with Crippen molar-refractivity contribution in [1.29, 1.82) is 0 Å². The highest BCUT2D eigenvalue weighted by Crippen LogP contribution is 2.25. The highest BCUT2D eigenvalue weighted by molar-refractivity contribution is 5.82. The van der Waals surface area contributed by atoms with E-state index in [9.17, 15) is 9.90 Å². The summed E-state index contributed by atoms with van der Waals surface area (Å²) in [5.41, 5.74) is 0. The fraction of sp³-hybridized carbons (Fsp3) is 0.923. The molecule has 0 spiro atoms. The van der Waals surface area contributed by atoms with E-state index in [4.69, 9.17) is 0 Å². The van der Waals surface area contributed by atoms with Gasteiger partial charge in [0.1, 0.15) is 6.04 Å². The zero-order valence-corrected chi connectivity index (χ0v) is 10.8. The quantitative estimate of drug-likeness (QED) is 0.728. The van der Waals surface area contributed by atoms with Crippen LogP contribution in [-0.2, 0) is 4.79 Å². The van der Waals surface area contributed by atoms with Crippen LogP contribution in [-0.4, -0.2) is 59.6 Å². The number of amides is 1. The highest BCUT2D eigenvalue weighted by Gasteiger charge is 2.36. The first-order valence-electron chi connectivity index (χ1n) is 6.85. The Morgan fingerprint density at radius 2 is 1.82 bits per heavy atom. The maximum atomic E-state index is 12.0. The molecule has 1 saturated carbocycles. The van der Waals surface area contributed by atoms with Gasteiger partial charge >= 0.3 is 0 Å². The van der Waals surface area contributed by atoms with Crippen LogP contribution in [0.15, 0.2) is 0 Å². The maximum Gasteiger partial charge on any atom is 0.242 e. The fourth-order valence-corrected chi connectivity index (χ4v) is 3.14. The molecule has 4 heteroatoms. The SMILES string of the molecule is CN1CCN(C2CCCCCC2)C(CO)C1=O. The Labute approximate surface area is 104 Å². The van der Waals surface area contributed by atoms with Crippen molar-refractivity contribution in [3.05, 3.63) is 0 Å². The number of hydrogen-bond donors (Lipinski definition) is 1. The molecule has 2 aliphatic rings. The molecule has 17 heavy (non-hydrogen) atoms. The summed E-state index contributed by atoms with van der Waals surface area (Å²) < 4.78 is 0. The molecular formula is C13H24N2O2. The van der Waals surface area contributed by atoms with Gasteiger partial charge in [0, 0.05) is 26.2 Å². The predicted molar refractivity (Wildman–Crippen MR) is 66.7 cm³/mol. The molecule has 1 unspecified atom stereocenters. The molecule has 0 aromatic carbocycles. The minimum absolute atomic E-state index is 0.0420. The van der Waals surface area contributed by atoms with Gasteiger partial charge in [0.15, 0.2) is 0 Å². The molecule has 0 aromatic heterocycles. The van der Waals surface area contributed by atoms with Crippen molar-refractivity contribution in [1.82, 2.24) is 9.80 Å². The Hall–Kier alpha value is -0.610. The summed E-state index contributed by atoms with van der Waals surface area (Å²) in [6.45, 7) is 1.67. The largest absolute Gasteiger partial charge is 0.394 e. The van der Waals surface area contributed by atoms with Crippen LogP contribution in [0.3, 0.4) is 0 Å². The van der Waals surface area contributed by atoms with Crippen molar-refractivity contribution in [3.8, 4) is 0 Å². The van der Waals surface area contributed by atoms with Crippen LogP contribution in [0.4, 0.5) is 0 Å². The molecule has 1 amide bonds. The standard InChI is InChI=1S/C13H24N2O2/c1-14-8-9-15(12(10-16)13(14)17)11-6-4-2-3-5-7-11/h11-12,16H,2-10H2,1H3. The summed E-state index contributed by atoms with van der Waals surface area (Å²) in [6.07, 6.45) is 7.55. The average molecular weight is 240 g/mol. The Morgan fingerprint density at radius 1 is 1.18 bits per heavy atom. The van der Waals surface area contributed by atoms with Gasteiger partial charge < -0.3 is 10.0 Å². The number of nitrogens with zero attached hydrogens (tertiary/aromatic N) is 2. The molecule has 98 valence electrons. The normalized spacial score (nSPS) is 29.4. The molecule has 2 fully saturated rings. The molecular weight excluding hydrogens is 216 g/mol. The molecule has 1 heterocycles. The predicted octanol–water partition coefficient (Wildman–Crippen LogP) is 0.844. The van der Waals surface area contributed by atoms with E-state index in [1.54, 1.807) is 4.90 Å². The second-order valence-corrected chi connectivity index (χ2v) is 5.34. The number of likely N-dealkylation sites (N-methyl/N-ethyl adjacent to an activating group) is 1. The zero-order valence-electron chi connectivity index (χ0n) is 10.8. The Morgan fingerprint density at radius 3 is 2.41 bits per heavy atom. The lowest BCUT2D eigenvalue weighted by atomic mass is 10.0. The van der Waals surface area contributed by atoms with Crippen molar-refractivity contribution >= 4 is 5.91 Å². The first kappa shape index (κ1) is 12.8. The van der Waals surface area contributed by atoms with Gasteiger partial charge in [-0.2, -0.15) is 0 Å². The minimum atomic E-state index is -0.295. The van der Waals surface area contributed by atoms with Gasteiger partial charge in [0.05, 0.1) is 6.61 Å². The Balaban J connectivity index is 2.04. The molecule has 1 aliphatic heterocycles. The number of rotatable bonds is 2. The number of aliphatic hydroxyl groups is 1. The number of carbonyl (C=O) groups excluding carboxylic acids is 1. The van der Waals surface area contributed by atoms with Gasteiger partial charge in [0.25, 0.3) is 0 Å². The van der Waals surface area contributed by atoms with Crippen molar-refractivity contribution in [2.45, 2.75) is 50.6 Å². The smallest absolute Gasteiger partial charge is 0.242 e. The Bertz CT molecular complexity index is 262.